The number of hydrogen-bond acceptors (Lipinski definition) is 4. The van der Waals surface area contributed by atoms with Crippen LogP contribution in [0.25, 0.3) is 0 Å². The van der Waals surface area contributed by atoms with Crippen LogP contribution in [0.2, 0.25) is 0 Å². The molecule has 1 aliphatic heterocycles. The number of hydrogen-bond donors (Lipinski definition) is 2. The van der Waals surface area contributed by atoms with Crippen LogP contribution in [0.3, 0.4) is 0 Å². The smallest absolute Gasteiger partial charge is 0.191 e. The molecular weight excluding hydrogens is 340 g/mol. The third-order valence-corrected chi connectivity index (χ3v) is 5.43. The molecule has 0 aliphatic carbocycles. The van der Waals surface area contributed by atoms with Crippen LogP contribution < -0.4 is 15.4 Å². The number of rotatable bonds is 8. The van der Waals surface area contributed by atoms with Crippen molar-refractivity contribution in [3.8, 4) is 5.75 Å². The Hall–Kier alpha value is -1.79. The molecule has 1 aromatic rings. The zero-order valence-electron chi connectivity index (χ0n) is 17.6. The Balaban J connectivity index is 1.95. The maximum absolute atomic E-state index is 5.55. The number of guanidine groups is 1. The summed E-state index contributed by atoms with van der Waals surface area (Å²) in [5, 5.41) is 6.83. The van der Waals surface area contributed by atoms with Crippen LogP contribution in [-0.2, 0) is 11.2 Å². The summed E-state index contributed by atoms with van der Waals surface area (Å²) in [6, 6.07) is 6.39. The van der Waals surface area contributed by atoms with Crippen LogP contribution in [0.1, 0.15) is 30.9 Å². The third kappa shape index (κ3) is 6.11. The van der Waals surface area contributed by atoms with Crippen LogP contribution in [0.5, 0.6) is 5.75 Å². The number of nitrogens with one attached hydrogen (secondary N) is 2. The molecule has 0 saturated carbocycles. The van der Waals surface area contributed by atoms with Gasteiger partial charge < -0.3 is 25.0 Å². The van der Waals surface area contributed by atoms with Crippen molar-refractivity contribution in [2.45, 2.75) is 38.6 Å². The second-order valence-corrected chi connectivity index (χ2v) is 7.41. The quantitative estimate of drug-likeness (QED) is 0.538. The summed E-state index contributed by atoms with van der Waals surface area (Å²) in [6.07, 6.45) is 2.96. The fourth-order valence-corrected chi connectivity index (χ4v) is 3.41. The van der Waals surface area contributed by atoms with Gasteiger partial charge >= 0.3 is 0 Å². The lowest BCUT2D eigenvalue weighted by Gasteiger charge is -2.41. The predicted molar refractivity (Wildman–Crippen MR) is 112 cm³/mol. The van der Waals surface area contributed by atoms with Crippen LogP contribution >= 0.6 is 0 Å². The third-order valence-electron chi connectivity index (χ3n) is 5.43. The maximum atomic E-state index is 5.55. The van der Waals surface area contributed by atoms with E-state index in [0.717, 1.165) is 69.4 Å². The second kappa shape index (κ2) is 10.5. The van der Waals surface area contributed by atoms with Gasteiger partial charge in [0.1, 0.15) is 5.75 Å². The second-order valence-electron chi connectivity index (χ2n) is 7.41. The van der Waals surface area contributed by atoms with E-state index in [1.54, 1.807) is 7.11 Å². The summed E-state index contributed by atoms with van der Waals surface area (Å²) in [6.45, 7) is 8.24. The number of ether oxygens (including phenoxy) is 2. The molecule has 1 heterocycles. The summed E-state index contributed by atoms with van der Waals surface area (Å²) in [4.78, 5) is 7.19. The van der Waals surface area contributed by atoms with Crippen LogP contribution in [-0.4, -0.2) is 70.5 Å². The van der Waals surface area contributed by atoms with Gasteiger partial charge in [-0.1, -0.05) is 12.1 Å². The Morgan fingerprint density at radius 3 is 2.63 bits per heavy atom. The molecule has 0 amide bonds. The van der Waals surface area contributed by atoms with Gasteiger partial charge in [-0.05, 0) is 64.4 Å². The molecule has 1 fully saturated rings. The van der Waals surface area contributed by atoms with Crippen LogP contribution in [0, 0.1) is 6.92 Å². The van der Waals surface area contributed by atoms with Crippen molar-refractivity contribution in [3.05, 3.63) is 29.3 Å². The SMILES string of the molecule is CCNC(=NCC1(N(C)C)CCOCC1)NCCc1ccc(C)c(OC)c1. The average molecular weight is 377 g/mol. The highest BCUT2D eigenvalue weighted by atomic mass is 16.5. The number of nitrogens with zero attached hydrogens (tertiary/aromatic N) is 2. The van der Waals surface area contributed by atoms with Gasteiger partial charge in [0.25, 0.3) is 0 Å². The van der Waals surface area contributed by atoms with Crippen molar-refractivity contribution in [2.75, 3.05) is 54.1 Å². The van der Waals surface area contributed by atoms with E-state index in [0.29, 0.717) is 0 Å². The Bertz CT molecular complexity index is 610. The lowest BCUT2D eigenvalue weighted by Crippen LogP contribution is -2.51. The van der Waals surface area contributed by atoms with Crippen molar-refractivity contribution in [3.63, 3.8) is 0 Å². The minimum Gasteiger partial charge on any atom is -0.496 e. The molecule has 0 atom stereocenters. The minimum absolute atomic E-state index is 0.0882. The molecule has 1 saturated heterocycles. The standard InChI is InChI=1S/C21H36N4O2/c1-6-22-20(24-16-21(25(3)4)10-13-27-14-11-21)23-12-9-18-8-7-17(2)19(15-18)26-5/h7-8,15H,6,9-14,16H2,1-5H3,(H2,22,23,24). The summed E-state index contributed by atoms with van der Waals surface area (Å²) in [5.74, 6) is 1.82. The Labute approximate surface area is 164 Å². The topological polar surface area (TPSA) is 58.1 Å². The van der Waals surface area contributed by atoms with Gasteiger partial charge in [0.05, 0.1) is 13.7 Å². The first kappa shape index (κ1) is 21.5. The van der Waals surface area contributed by atoms with Gasteiger partial charge in [-0.15, -0.1) is 0 Å². The molecule has 1 aromatic carbocycles. The molecule has 0 aromatic heterocycles. The van der Waals surface area contributed by atoms with Gasteiger partial charge in [-0.3, -0.25) is 4.99 Å². The first-order valence-electron chi connectivity index (χ1n) is 9.91. The van der Waals surface area contributed by atoms with Crippen molar-refractivity contribution >= 4 is 5.96 Å². The first-order chi connectivity index (χ1) is 13.0. The fourth-order valence-electron chi connectivity index (χ4n) is 3.41. The predicted octanol–water partition coefficient (Wildman–Crippen LogP) is 2.21. The first-order valence-corrected chi connectivity index (χ1v) is 9.91. The molecular formula is C21H36N4O2. The molecule has 27 heavy (non-hydrogen) atoms. The molecule has 0 unspecified atom stereocenters. The number of methoxy groups -OCH3 is 1. The van der Waals surface area contributed by atoms with Gasteiger partial charge in [0.2, 0.25) is 0 Å². The van der Waals surface area contributed by atoms with Gasteiger partial charge in [-0.2, -0.15) is 0 Å². The molecule has 6 heteroatoms. The van der Waals surface area contributed by atoms with E-state index in [9.17, 15) is 0 Å². The maximum Gasteiger partial charge on any atom is 0.191 e. The van der Waals surface area contributed by atoms with Crippen molar-refractivity contribution < 1.29 is 9.47 Å². The van der Waals surface area contributed by atoms with Crippen molar-refractivity contribution in [1.82, 2.24) is 15.5 Å². The minimum atomic E-state index is 0.0882. The molecule has 2 rings (SSSR count). The van der Waals surface area contributed by atoms with E-state index in [2.05, 4.69) is 61.7 Å². The van der Waals surface area contributed by atoms with E-state index >= 15 is 0 Å². The van der Waals surface area contributed by atoms with E-state index in [4.69, 9.17) is 14.5 Å². The van der Waals surface area contributed by atoms with Crippen molar-refractivity contribution in [2.24, 2.45) is 4.99 Å². The summed E-state index contributed by atoms with van der Waals surface area (Å²) >= 11 is 0. The Kier molecular flexibility index (Phi) is 8.38. The average Bonchev–Trinajstić information content (AvgIpc) is 2.68. The van der Waals surface area contributed by atoms with E-state index in [1.165, 1.54) is 5.56 Å². The zero-order chi connectivity index (χ0) is 19.7. The van der Waals surface area contributed by atoms with E-state index in [-0.39, 0.29) is 5.54 Å². The van der Waals surface area contributed by atoms with Crippen LogP contribution in [0.15, 0.2) is 23.2 Å². The highest BCUT2D eigenvalue weighted by molar-refractivity contribution is 5.79. The molecule has 6 nitrogen and oxygen atoms in total. The fraction of sp³-hybridized carbons (Fsp3) is 0.667. The van der Waals surface area contributed by atoms with Gasteiger partial charge in [-0.25, -0.2) is 0 Å². The zero-order valence-corrected chi connectivity index (χ0v) is 17.6. The summed E-state index contributed by atoms with van der Waals surface area (Å²) < 4.78 is 11.0. The summed E-state index contributed by atoms with van der Waals surface area (Å²) in [5.41, 5.74) is 2.51. The number of benzene rings is 1. The van der Waals surface area contributed by atoms with Gasteiger partial charge in [0.15, 0.2) is 5.96 Å². The molecule has 1 aliphatic rings. The summed E-state index contributed by atoms with van der Waals surface area (Å²) in [7, 11) is 6.01. The number of aryl methyl sites for hydroxylation is 1. The Morgan fingerprint density at radius 2 is 2.00 bits per heavy atom. The van der Waals surface area contributed by atoms with Gasteiger partial charge in [0, 0.05) is 31.8 Å². The number of aliphatic imine (C=N–C) groups is 1. The highest BCUT2D eigenvalue weighted by Gasteiger charge is 2.34. The number of likely N-dealkylation sites (N-methyl/N-ethyl adjacent to an activating group) is 1. The lowest BCUT2D eigenvalue weighted by atomic mass is 9.89. The van der Waals surface area contributed by atoms with E-state index < -0.39 is 0 Å². The monoisotopic (exact) mass is 376 g/mol. The van der Waals surface area contributed by atoms with E-state index in [1.807, 2.05) is 0 Å². The molecule has 0 spiro atoms. The Morgan fingerprint density at radius 1 is 1.26 bits per heavy atom. The molecule has 0 radical (unpaired) electrons. The van der Waals surface area contributed by atoms with Crippen molar-refractivity contribution in [1.29, 1.82) is 0 Å². The highest BCUT2D eigenvalue weighted by Crippen LogP contribution is 2.26. The lowest BCUT2D eigenvalue weighted by molar-refractivity contribution is -0.00254. The molecule has 2 N–H and O–H groups in total. The normalized spacial score (nSPS) is 17.0. The molecule has 0 bridgehead atoms. The van der Waals surface area contributed by atoms with Crippen LogP contribution in [0.4, 0.5) is 0 Å². The molecule has 152 valence electrons. The largest absolute Gasteiger partial charge is 0.496 e.